The molecule has 0 aliphatic heterocycles. The van der Waals surface area contributed by atoms with E-state index in [1.165, 1.54) is 50.7 Å². The summed E-state index contributed by atoms with van der Waals surface area (Å²) in [6, 6.07) is 10.1. The van der Waals surface area contributed by atoms with Crippen LogP contribution in [0.1, 0.15) is 88.4 Å². The van der Waals surface area contributed by atoms with Crippen molar-refractivity contribution in [1.82, 2.24) is 0 Å². The zero-order valence-electron chi connectivity index (χ0n) is 21.4. The van der Waals surface area contributed by atoms with E-state index in [9.17, 15) is 18.0 Å². The van der Waals surface area contributed by atoms with Gasteiger partial charge in [0.25, 0.3) is 0 Å². The van der Waals surface area contributed by atoms with Crippen molar-refractivity contribution in [1.29, 1.82) is 0 Å². The van der Waals surface area contributed by atoms with E-state index in [1.807, 2.05) is 0 Å². The average Bonchev–Trinajstić information content (AvgIpc) is 2.87. The average molecular weight is 509 g/mol. The van der Waals surface area contributed by atoms with Gasteiger partial charge in [0.2, 0.25) is 0 Å². The fraction of sp³-hybridized carbons (Fsp3) is 0.552. The van der Waals surface area contributed by atoms with Crippen molar-refractivity contribution in [2.75, 3.05) is 13.2 Å². The number of rotatable bonds is 18. The van der Waals surface area contributed by atoms with E-state index >= 15 is 0 Å². The highest BCUT2D eigenvalue weighted by molar-refractivity contribution is 5.91. The largest absolute Gasteiger partial charge is 0.494 e. The first-order chi connectivity index (χ1) is 17.4. The molecule has 2 atom stereocenters. The maximum absolute atomic E-state index is 14.3. The Kier molecular flexibility index (Phi) is 13.8. The van der Waals surface area contributed by atoms with E-state index in [-0.39, 0.29) is 17.7 Å². The third-order valence-electron chi connectivity index (χ3n) is 5.82. The fourth-order valence-electron chi connectivity index (χ4n) is 3.67. The van der Waals surface area contributed by atoms with E-state index in [1.54, 1.807) is 31.2 Å². The number of esters is 1. The molecular formula is C29H39F3O4. The SMILES string of the molecule is CCCCCCCCCCOc1ccc(OC(=O)c2ccc(OC[C@@H](F)[C@H](F)CCC)c(F)c2)cc1. The Morgan fingerprint density at radius 3 is 2.06 bits per heavy atom. The van der Waals surface area contributed by atoms with Gasteiger partial charge in [-0.1, -0.05) is 65.2 Å². The topological polar surface area (TPSA) is 44.8 Å². The van der Waals surface area contributed by atoms with Crippen LogP contribution in [0.3, 0.4) is 0 Å². The summed E-state index contributed by atoms with van der Waals surface area (Å²) in [5.41, 5.74) is -0.0268. The monoisotopic (exact) mass is 508 g/mol. The van der Waals surface area contributed by atoms with Crippen LogP contribution in [0.4, 0.5) is 13.2 Å². The van der Waals surface area contributed by atoms with Crippen LogP contribution in [0.25, 0.3) is 0 Å². The number of halogens is 3. The van der Waals surface area contributed by atoms with Crippen LogP contribution in [0.2, 0.25) is 0 Å². The van der Waals surface area contributed by atoms with E-state index < -0.39 is 30.7 Å². The fourth-order valence-corrected chi connectivity index (χ4v) is 3.67. The van der Waals surface area contributed by atoms with Gasteiger partial charge in [-0.05, 0) is 55.3 Å². The molecule has 0 aromatic heterocycles. The van der Waals surface area contributed by atoms with Crippen LogP contribution in [0.5, 0.6) is 17.2 Å². The van der Waals surface area contributed by atoms with Gasteiger partial charge in [0.15, 0.2) is 17.7 Å². The number of carbonyl (C=O) groups is 1. The van der Waals surface area contributed by atoms with Gasteiger partial charge in [-0.2, -0.15) is 0 Å². The maximum Gasteiger partial charge on any atom is 0.343 e. The molecule has 2 aromatic rings. The number of benzene rings is 2. The van der Waals surface area contributed by atoms with Gasteiger partial charge < -0.3 is 14.2 Å². The van der Waals surface area contributed by atoms with Crippen molar-refractivity contribution in [2.24, 2.45) is 0 Å². The first-order valence-electron chi connectivity index (χ1n) is 13.1. The first-order valence-corrected chi connectivity index (χ1v) is 13.1. The van der Waals surface area contributed by atoms with Gasteiger partial charge in [0.1, 0.15) is 24.3 Å². The van der Waals surface area contributed by atoms with Crippen LogP contribution >= 0.6 is 0 Å². The Morgan fingerprint density at radius 1 is 0.778 bits per heavy atom. The van der Waals surface area contributed by atoms with E-state index in [4.69, 9.17) is 14.2 Å². The van der Waals surface area contributed by atoms with Gasteiger partial charge in [0, 0.05) is 0 Å². The van der Waals surface area contributed by atoms with Crippen molar-refractivity contribution in [3.8, 4) is 17.2 Å². The third-order valence-corrected chi connectivity index (χ3v) is 5.82. The Hall–Kier alpha value is -2.70. The van der Waals surface area contributed by atoms with Crippen molar-refractivity contribution >= 4 is 5.97 Å². The molecule has 0 unspecified atom stereocenters. The maximum atomic E-state index is 14.3. The predicted octanol–water partition coefficient (Wildman–Crippen LogP) is 8.42. The third kappa shape index (κ3) is 10.9. The lowest BCUT2D eigenvalue weighted by Crippen LogP contribution is -2.24. The quantitative estimate of drug-likeness (QED) is 0.115. The molecule has 0 amide bonds. The second-order valence-corrected chi connectivity index (χ2v) is 8.96. The van der Waals surface area contributed by atoms with Crippen LogP contribution < -0.4 is 14.2 Å². The second-order valence-electron chi connectivity index (χ2n) is 8.96. The summed E-state index contributed by atoms with van der Waals surface area (Å²) < 4.78 is 57.7. The van der Waals surface area contributed by atoms with Crippen molar-refractivity contribution < 1.29 is 32.2 Å². The highest BCUT2D eigenvalue weighted by Gasteiger charge is 2.21. The van der Waals surface area contributed by atoms with Gasteiger partial charge in [-0.15, -0.1) is 0 Å². The van der Waals surface area contributed by atoms with Crippen molar-refractivity contribution in [3.05, 3.63) is 53.8 Å². The van der Waals surface area contributed by atoms with Crippen LogP contribution in [0, 0.1) is 5.82 Å². The standard InChI is InChI=1S/C29H39F3O4/c1-3-5-6-7-8-9-10-11-19-34-23-14-16-24(17-15-23)36-29(33)22-13-18-28(26(31)20-22)35-21-27(32)25(30)12-4-2/h13-18,20,25,27H,3-12,19,21H2,1-2H3/t25-,27-/m1/s1. The number of carbonyl (C=O) groups excluding carboxylic acids is 1. The number of ether oxygens (including phenoxy) is 3. The van der Waals surface area contributed by atoms with Crippen LogP contribution in [0.15, 0.2) is 42.5 Å². The minimum Gasteiger partial charge on any atom is -0.494 e. The molecule has 4 nitrogen and oxygen atoms in total. The number of hydrogen-bond donors (Lipinski definition) is 0. The van der Waals surface area contributed by atoms with E-state index in [0.29, 0.717) is 24.5 Å². The van der Waals surface area contributed by atoms with Crippen molar-refractivity contribution in [2.45, 2.75) is 90.4 Å². The summed E-state index contributed by atoms with van der Waals surface area (Å²) in [6.07, 6.45) is 6.91. The second kappa shape index (κ2) is 16.9. The summed E-state index contributed by atoms with van der Waals surface area (Å²) in [4.78, 5) is 12.4. The minimum atomic E-state index is -1.85. The molecule has 200 valence electrons. The highest BCUT2D eigenvalue weighted by atomic mass is 19.2. The lowest BCUT2D eigenvalue weighted by Gasteiger charge is -2.14. The van der Waals surface area contributed by atoms with Gasteiger partial charge >= 0.3 is 5.97 Å². The molecular weight excluding hydrogens is 469 g/mol. The molecule has 0 spiro atoms. The lowest BCUT2D eigenvalue weighted by atomic mass is 10.1. The van der Waals surface area contributed by atoms with E-state index in [2.05, 4.69) is 6.92 Å². The number of alkyl halides is 2. The summed E-state index contributed by atoms with van der Waals surface area (Å²) in [5.74, 6) is -0.873. The van der Waals surface area contributed by atoms with Crippen molar-refractivity contribution in [3.63, 3.8) is 0 Å². The number of hydrogen-bond acceptors (Lipinski definition) is 4. The Morgan fingerprint density at radius 2 is 1.42 bits per heavy atom. The summed E-state index contributed by atoms with van der Waals surface area (Å²) >= 11 is 0. The Labute approximate surface area is 213 Å². The Balaban J connectivity index is 1.73. The molecule has 0 fully saturated rings. The van der Waals surface area contributed by atoms with E-state index in [0.717, 1.165) is 18.9 Å². The van der Waals surface area contributed by atoms with Gasteiger partial charge in [0.05, 0.1) is 12.2 Å². The minimum absolute atomic E-state index is 0.0268. The molecule has 2 aromatic carbocycles. The molecule has 7 heteroatoms. The molecule has 0 radical (unpaired) electrons. The molecule has 0 saturated heterocycles. The zero-order chi connectivity index (χ0) is 26.2. The summed E-state index contributed by atoms with van der Waals surface area (Å²) in [5, 5.41) is 0. The molecule has 0 heterocycles. The lowest BCUT2D eigenvalue weighted by molar-refractivity contribution is 0.0733. The molecule has 2 rings (SSSR count). The molecule has 0 N–H and O–H groups in total. The smallest absolute Gasteiger partial charge is 0.343 e. The van der Waals surface area contributed by atoms with Gasteiger partial charge in [-0.3, -0.25) is 0 Å². The highest BCUT2D eigenvalue weighted by Crippen LogP contribution is 2.23. The predicted molar refractivity (Wildman–Crippen MR) is 136 cm³/mol. The molecule has 0 saturated carbocycles. The number of unbranched alkanes of at least 4 members (excludes halogenated alkanes) is 7. The van der Waals surface area contributed by atoms with Gasteiger partial charge in [-0.25, -0.2) is 18.0 Å². The van der Waals surface area contributed by atoms with Crippen LogP contribution in [-0.4, -0.2) is 31.5 Å². The normalized spacial score (nSPS) is 12.7. The summed E-state index contributed by atoms with van der Waals surface area (Å²) in [6.45, 7) is 4.00. The molecule has 0 bridgehead atoms. The molecule has 0 aliphatic carbocycles. The molecule has 0 aliphatic rings. The molecule has 36 heavy (non-hydrogen) atoms. The first kappa shape index (κ1) is 29.5. The van der Waals surface area contributed by atoms with Crippen LogP contribution in [-0.2, 0) is 0 Å². The zero-order valence-corrected chi connectivity index (χ0v) is 21.4. The summed E-state index contributed by atoms with van der Waals surface area (Å²) in [7, 11) is 0. The Bertz CT molecular complexity index is 889.